The fourth-order valence-electron chi connectivity index (χ4n) is 4.34. The average Bonchev–Trinajstić information content (AvgIpc) is 2.97. The first-order chi connectivity index (χ1) is 19.5. The van der Waals surface area contributed by atoms with Gasteiger partial charge in [-0.1, -0.05) is 49.7 Å². The number of hydrogen-bond acceptors (Lipinski definition) is 5. The molecular formula is C31H38ClN3O5S. The van der Waals surface area contributed by atoms with E-state index < -0.39 is 28.5 Å². The molecule has 0 aliphatic carbocycles. The van der Waals surface area contributed by atoms with E-state index in [0.29, 0.717) is 17.2 Å². The summed E-state index contributed by atoms with van der Waals surface area (Å²) in [5.74, 6) is -0.285. The van der Waals surface area contributed by atoms with Crippen molar-refractivity contribution >= 4 is 39.1 Å². The topological polar surface area (TPSA) is 96.0 Å². The molecule has 0 aliphatic rings. The van der Waals surface area contributed by atoms with E-state index in [-0.39, 0.29) is 29.1 Å². The molecule has 1 N–H and O–H groups in total. The number of methoxy groups -OCH3 is 1. The molecule has 8 nitrogen and oxygen atoms in total. The van der Waals surface area contributed by atoms with Gasteiger partial charge in [0, 0.05) is 17.6 Å². The Balaban J connectivity index is 2.06. The molecule has 0 saturated heterocycles. The molecule has 0 aliphatic heterocycles. The van der Waals surface area contributed by atoms with E-state index in [4.69, 9.17) is 16.3 Å². The first-order valence-corrected chi connectivity index (χ1v) is 15.4. The maximum atomic E-state index is 14.1. The van der Waals surface area contributed by atoms with E-state index in [1.54, 1.807) is 36.4 Å². The van der Waals surface area contributed by atoms with E-state index in [1.807, 2.05) is 52.0 Å². The zero-order valence-corrected chi connectivity index (χ0v) is 25.7. The Morgan fingerprint density at radius 1 is 0.951 bits per heavy atom. The van der Waals surface area contributed by atoms with Gasteiger partial charge in [-0.2, -0.15) is 0 Å². The van der Waals surface area contributed by atoms with Gasteiger partial charge in [0.2, 0.25) is 11.8 Å². The van der Waals surface area contributed by atoms with Gasteiger partial charge in [0.25, 0.3) is 10.0 Å². The van der Waals surface area contributed by atoms with Gasteiger partial charge in [-0.3, -0.25) is 13.9 Å². The van der Waals surface area contributed by atoms with Crippen LogP contribution in [0.4, 0.5) is 5.69 Å². The Bertz CT molecular complexity index is 1430. The Kier molecular flexibility index (Phi) is 11.2. The molecule has 0 aromatic heterocycles. The highest BCUT2D eigenvalue weighted by Gasteiger charge is 2.34. The van der Waals surface area contributed by atoms with Crippen molar-refractivity contribution in [3.05, 3.63) is 88.9 Å². The molecule has 0 saturated carbocycles. The first-order valence-electron chi connectivity index (χ1n) is 13.6. The molecule has 41 heavy (non-hydrogen) atoms. The number of anilines is 1. The van der Waals surface area contributed by atoms with Crippen LogP contribution < -0.4 is 14.4 Å². The van der Waals surface area contributed by atoms with Crippen molar-refractivity contribution in [3.8, 4) is 5.75 Å². The lowest BCUT2D eigenvalue weighted by molar-refractivity contribution is -0.140. The largest absolute Gasteiger partial charge is 0.497 e. The summed E-state index contributed by atoms with van der Waals surface area (Å²) in [5, 5.41) is 3.41. The monoisotopic (exact) mass is 599 g/mol. The standard InChI is InChI=1S/C31H38ClN3O5S/c1-6-23(4)33-31(37)29(7-2)34(20-24-11-9-8-10-22(24)3)30(36)21-35(26-14-12-25(32)13-15-26)41(38,39)28-18-16-27(40-5)17-19-28/h8-19,23,29H,6-7,20-21H2,1-5H3,(H,33,37)/t23-,29-/m0/s1. The summed E-state index contributed by atoms with van der Waals surface area (Å²) in [6.45, 7) is 7.28. The van der Waals surface area contributed by atoms with Crippen LogP contribution >= 0.6 is 11.6 Å². The van der Waals surface area contributed by atoms with Gasteiger partial charge in [0.05, 0.1) is 17.7 Å². The highest BCUT2D eigenvalue weighted by molar-refractivity contribution is 7.92. The van der Waals surface area contributed by atoms with Crippen molar-refractivity contribution in [1.82, 2.24) is 10.2 Å². The number of carbonyl (C=O) groups excluding carboxylic acids is 2. The van der Waals surface area contributed by atoms with Gasteiger partial charge in [0.15, 0.2) is 0 Å². The molecule has 2 atom stereocenters. The zero-order chi connectivity index (χ0) is 30.2. The van der Waals surface area contributed by atoms with Gasteiger partial charge < -0.3 is 15.0 Å². The fraction of sp³-hybridized carbons (Fsp3) is 0.355. The van der Waals surface area contributed by atoms with E-state index in [1.165, 1.54) is 24.1 Å². The molecular weight excluding hydrogens is 562 g/mol. The summed E-state index contributed by atoms with van der Waals surface area (Å²) in [5.41, 5.74) is 2.10. The molecule has 2 amide bonds. The summed E-state index contributed by atoms with van der Waals surface area (Å²) < 4.78 is 34.1. The summed E-state index contributed by atoms with van der Waals surface area (Å²) in [6.07, 6.45) is 1.09. The molecule has 10 heteroatoms. The maximum absolute atomic E-state index is 14.1. The number of hydrogen-bond donors (Lipinski definition) is 1. The van der Waals surface area contributed by atoms with Crippen molar-refractivity contribution in [2.45, 2.75) is 64.1 Å². The van der Waals surface area contributed by atoms with Crippen molar-refractivity contribution in [2.75, 3.05) is 18.0 Å². The smallest absolute Gasteiger partial charge is 0.264 e. The van der Waals surface area contributed by atoms with Crippen LogP contribution in [0.15, 0.2) is 77.7 Å². The second-order valence-electron chi connectivity index (χ2n) is 9.85. The number of nitrogens with one attached hydrogen (secondary N) is 1. The van der Waals surface area contributed by atoms with Crippen LogP contribution in [-0.4, -0.2) is 50.9 Å². The highest BCUT2D eigenvalue weighted by Crippen LogP contribution is 2.27. The predicted molar refractivity (Wildman–Crippen MR) is 163 cm³/mol. The molecule has 220 valence electrons. The number of rotatable bonds is 13. The van der Waals surface area contributed by atoms with Crippen LogP contribution in [0.3, 0.4) is 0 Å². The summed E-state index contributed by atoms with van der Waals surface area (Å²) in [4.78, 5) is 29.0. The average molecular weight is 600 g/mol. The van der Waals surface area contributed by atoms with Crippen LogP contribution in [-0.2, 0) is 26.2 Å². The van der Waals surface area contributed by atoms with Gasteiger partial charge >= 0.3 is 0 Å². The number of ether oxygens (including phenoxy) is 1. The predicted octanol–water partition coefficient (Wildman–Crippen LogP) is 5.57. The lowest BCUT2D eigenvalue weighted by atomic mass is 10.1. The second-order valence-corrected chi connectivity index (χ2v) is 12.2. The van der Waals surface area contributed by atoms with Crippen LogP contribution in [0, 0.1) is 6.92 Å². The SMILES string of the molecule is CC[C@H](C)NC(=O)[C@H](CC)N(Cc1ccccc1C)C(=O)CN(c1ccc(Cl)cc1)S(=O)(=O)c1ccc(OC)cc1. The third-order valence-electron chi connectivity index (χ3n) is 7.03. The van der Waals surface area contributed by atoms with E-state index in [2.05, 4.69) is 5.32 Å². The zero-order valence-electron chi connectivity index (χ0n) is 24.1. The molecule has 3 rings (SSSR count). The van der Waals surface area contributed by atoms with Crippen molar-refractivity contribution in [1.29, 1.82) is 0 Å². The molecule has 0 unspecified atom stereocenters. The van der Waals surface area contributed by atoms with E-state index in [9.17, 15) is 18.0 Å². The molecule has 3 aromatic carbocycles. The van der Waals surface area contributed by atoms with Crippen LogP contribution in [0.2, 0.25) is 5.02 Å². The van der Waals surface area contributed by atoms with Gasteiger partial charge in [-0.15, -0.1) is 0 Å². The minimum atomic E-state index is -4.19. The number of benzene rings is 3. The van der Waals surface area contributed by atoms with Gasteiger partial charge in [0.1, 0.15) is 18.3 Å². The Morgan fingerprint density at radius 3 is 2.15 bits per heavy atom. The minimum Gasteiger partial charge on any atom is -0.497 e. The van der Waals surface area contributed by atoms with Crippen molar-refractivity contribution in [2.24, 2.45) is 0 Å². The lowest BCUT2D eigenvalue weighted by Crippen LogP contribution is -2.53. The normalized spacial score (nSPS) is 12.7. The van der Waals surface area contributed by atoms with E-state index >= 15 is 0 Å². The van der Waals surface area contributed by atoms with Crippen LogP contribution in [0.25, 0.3) is 0 Å². The van der Waals surface area contributed by atoms with Crippen molar-refractivity contribution < 1.29 is 22.7 Å². The number of sulfonamides is 1. The van der Waals surface area contributed by atoms with Gasteiger partial charge in [-0.05, 0) is 86.3 Å². The number of aryl methyl sites for hydroxylation is 1. The van der Waals surface area contributed by atoms with Gasteiger partial charge in [-0.25, -0.2) is 8.42 Å². The quantitative estimate of drug-likeness (QED) is 0.277. The van der Waals surface area contributed by atoms with Crippen LogP contribution in [0.1, 0.15) is 44.7 Å². The summed E-state index contributed by atoms with van der Waals surface area (Å²) >= 11 is 6.09. The fourth-order valence-corrected chi connectivity index (χ4v) is 5.88. The van der Waals surface area contributed by atoms with Crippen LogP contribution in [0.5, 0.6) is 5.75 Å². The third-order valence-corrected chi connectivity index (χ3v) is 9.07. The first kappa shape index (κ1) is 32.0. The molecule has 3 aromatic rings. The van der Waals surface area contributed by atoms with E-state index in [0.717, 1.165) is 21.9 Å². The third kappa shape index (κ3) is 8.01. The minimum absolute atomic E-state index is 0.00643. The second kappa shape index (κ2) is 14.4. The molecule has 0 spiro atoms. The molecule has 0 radical (unpaired) electrons. The number of halogens is 1. The maximum Gasteiger partial charge on any atom is 0.264 e. The lowest BCUT2D eigenvalue weighted by Gasteiger charge is -2.34. The Hall–Kier alpha value is -3.56. The summed E-state index contributed by atoms with van der Waals surface area (Å²) in [7, 11) is -2.70. The summed E-state index contributed by atoms with van der Waals surface area (Å²) in [6, 6.07) is 18.9. The Labute approximate surface area is 248 Å². The van der Waals surface area contributed by atoms with Crippen molar-refractivity contribution in [3.63, 3.8) is 0 Å². The number of carbonyl (C=O) groups is 2. The number of amides is 2. The molecule has 0 fully saturated rings. The number of nitrogens with zero attached hydrogens (tertiary/aromatic N) is 2. The Morgan fingerprint density at radius 2 is 1.59 bits per heavy atom. The molecule has 0 heterocycles. The molecule has 0 bridgehead atoms. The highest BCUT2D eigenvalue weighted by atomic mass is 35.5.